The first kappa shape index (κ1) is 12.7. The van der Waals surface area contributed by atoms with Crippen molar-refractivity contribution in [2.75, 3.05) is 5.32 Å². The Kier molecular flexibility index (Phi) is 3.42. The molecule has 0 atom stereocenters. The molecule has 3 aromatic rings. The summed E-state index contributed by atoms with van der Waals surface area (Å²) in [7, 11) is 0. The van der Waals surface area contributed by atoms with Crippen LogP contribution in [0.1, 0.15) is 10.9 Å². The summed E-state index contributed by atoms with van der Waals surface area (Å²) >= 11 is 1.52. The van der Waals surface area contributed by atoms with E-state index in [9.17, 15) is 4.39 Å². The first-order valence-corrected chi connectivity index (χ1v) is 6.83. The summed E-state index contributed by atoms with van der Waals surface area (Å²) in [6.07, 6.45) is 0. The first-order chi connectivity index (χ1) is 9.70. The van der Waals surface area contributed by atoms with Gasteiger partial charge in [-0.25, -0.2) is 9.37 Å². The Morgan fingerprint density at radius 2 is 2.05 bits per heavy atom. The molecule has 0 aliphatic carbocycles. The lowest BCUT2D eigenvalue weighted by Crippen LogP contribution is -1.99. The standard InChI is InChI=1S/C13H11FN4OS/c1-8-17-18-13(19-8)15-6-12-16-11(7-20-12)9-2-4-10(14)5-3-9/h2-5,7H,6H2,1H3,(H,15,18). The largest absolute Gasteiger partial charge is 0.408 e. The van der Waals surface area contributed by atoms with Crippen LogP contribution in [-0.2, 0) is 6.54 Å². The van der Waals surface area contributed by atoms with Crippen LogP contribution in [0.3, 0.4) is 0 Å². The van der Waals surface area contributed by atoms with Gasteiger partial charge in [-0.3, -0.25) is 0 Å². The maximum absolute atomic E-state index is 12.9. The van der Waals surface area contributed by atoms with E-state index in [2.05, 4.69) is 20.5 Å². The highest BCUT2D eigenvalue weighted by molar-refractivity contribution is 7.09. The fourth-order valence-corrected chi connectivity index (χ4v) is 2.41. The molecule has 2 aromatic heterocycles. The summed E-state index contributed by atoms with van der Waals surface area (Å²) in [4.78, 5) is 4.48. The van der Waals surface area contributed by atoms with E-state index in [4.69, 9.17) is 4.42 Å². The second-order valence-corrected chi connectivity index (χ2v) is 5.06. The van der Waals surface area contributed by atoms with Crippen molar-refractivity contribution in [3.05, 3.63) is 46.4 Å². The van der Waals surface area contributed by atoms with Crippen LogP contribution in [0, 0.1) is 12.7 Å². The number of anilines is 1. The number of thiazole rings is 1. The van der Waals surface area contributed by atoms with Crippen LogP contribution in [0.25, 0.3) is 11.3 Å². The number of hydrogen-bond acceptors (Lipinski definition) is 6. The third-order valence-electron chi connectivity index (χ3n) is 2.61. The molecule has 0 aliphatic rings. The molecule has 0 bridgehead atoms. The third kappa shape index (κ3) is 2.83. The van der Waals surface area contributed by atoms with Gasteiger partial charge in [-0.1, -0.05) is 5.10 Å². The van der Waals surface area contributed by atoms with E-state index in [1.807, 2.05) is 5.38 Å². The summed E-state index contributed by atoms with van der Waals surface area (Å²) in [5.74, 6) is 0.260. The van der Waals surface area contributed by atoms with Crippen LogP contribution in [0.5, 0.6) is 0 Å². The van der Waals surface area contributed by atoms with E-state index in [1.165, 1.54) is 23.5 Å². The Morgan fingerprint density at radius 1 is 1.25 bits per heavy atom. The number of halogens is 1. The molecule has 0 fully saturated rings. The molecule has 0 spiro atoms. The maximum Gasteiger partial charge on any atom is 0.315 e. The molecule has 102 valence electrons. The van der Waals surface area contributed by atoms with Crippen LogP contribution >= 0.6 is 11.3 Å². The zero-order valence-corrected chi connectivity index (χ0v) is 11.4. The minimum Gasteiger partial charge on any atom is -0.408 e. The van der Waals surface area contributed by atoms with Crippen LogP contribution in [-0.4, -0.2) is 15.2 Å². The quantitative estimate of drug-likeness (QED) is 0.799. The fraction of sp³-hybridized carbons (Fsp3) is 0.154. The fourth-order valence-electron chi connectivity index (χ4n) is 1.66. The van der Waals surface area contributed by atoms with Gasteiger partial charge in [-0.05, 0) is 24.3 Å². The van der Waals surface area contributed by atoms with Gasteiger partial charge in [0.15, 0.2) is 0 Å². The lowest BCUT2D eigenvalue weighted by atomic mass is 10.2. The highest BCUT2D eigenvalue weighted by Crippen LogP contribution is 2.22. The normalized spacial score (nSPS) is 10.7. The van der Waals surface area contributed by atoms with Gasteiger partial charge >= 0.3 is 6.01 Å². The molecular weight excluding hydrogens is 279 g/mol. The second kappa shape index (κ2) is 5.38. The van der Waals surface area contributed by atoms with Gasteiger partial charge in [0.1, 0.15) is 10.8 Å². The van der Waals surface area contributed by atoms with Crippen molar-refractivity contribution in [3.8, 4) is 11.3 Å². The van der Waals surface area contributed by atoms with Gasteiger partial charge in [-0.15, -0.1) is 16.4 Å². The number of benzene rings is 1. The summed E-state index contributed by atoms with van der Waals surface area (Å²) in [6.45, 7) is 2.24. The van der Waals surface area contributed by atoms with Gasteiger partial charge in [0.25, 0.3) is 0 Å². The zero-order valence-electron chi connectivity index (χ0n) is 10.6. The minimum absolute atomic E-state index is 0.252. The van der Waals surface area contributed by atoms with Crippen molar-refractivity contribution in [2.24, 2.45) is 0 Å². The van der Waals surface area contributed by atoms with Crippen LogP contribution < -0.4 is 5.32 Å². The van der Waals surface area contributed by atoms with Crippen molar-refractivity contribution in [1.82, 2.24) is 15.2 Å². The lowest BCUT2D eigenvalue weighted by Gasteiger charge is -1.97. The Hall–Kier alpha value is -2.28. The Balaban J connectivity index is 1.69. The van der Waals surface area contributed by atoms with Gasteiger partial charge in [0, 0.05) is 17.9 Å². The lowest BCUT2D eigenvalue weighted by molar-refractivity contribution is 0.530. The molecule has 0 aliphatic heterocycles. The van der Waals surface area contributed by atoms with E-state index in [-0.39, 0.29) is 5.82 Å². The van der Waals surface area contributed by atoms with E-state index in [1.54, 1.807) is 19.1 Å². The zero-order chi connectivity index (χ0) is 13.9. The Morgan fingerprint density at radius 3 is 2.75 bits per heavy atom. The molecule has 20 heavy (non-hydrogen) atoms. The van der Waals surface area contributed by atoms with Gasteiger partial charge in [0.2, 0.25) is 5.89 Å². The predicted octanol–water partition coefficient (Wildman–Crippen LogP) is 3.25. The van der Waals surface area contributed by atoms with Crippen LogP contribution in [0.2, 0.25) is 0 Å². The highest BCUT2D eigenvalue weighted by atomic mass is 32.1. The Bertz CT molecular complexity index is 707. The smallest absolute Gasteiger partial charge is 0.315 e. The summed E-state index contributed by atoms with van der Waals surface area (Å²) < 4.78 is 18.1. The predicted molar refractivity (Wildman–Crippen MR) is 73.9 cm³/mol. The Labute approximate surface area is 118 Å². The molecule has 1 aromatic carbocycles. The average Bonchev–Trinajstić information content (AvgIpc) is 3.06. The van der Waals surface area contributed by atoms with E-state index >= 15 is 0 Å². The van der Waals surface area contributed by atoms with Crippen molar-refractivity contribution in [1.29, 1.82) is 0 Å². The number of nitrogens with zero attached hydrogens (tertiary/aromatic N) is 3. The van der Waals surface area contributed by atoms with Crippen LogP contribution in [0.15, 0.2) is 34.1 Å². The molecule has 0 saturated heterocycles. The SMILES string of the molecule is Cc1nnc(NCc2nc(-c3ccc(F)cc3)cs2)o1. The van der Waals surface area contributed by atoms with Crippen molar-refractivity contribution in [2.45, 2.75) is 13.5 Å². The van der Waals surface area contributed by atoms with Gasteiger partial charge < -0.3 is 9.73 Å². The monoisotopic (exact) mass is 290 g/mol. The van der Waals surface area contributed by atoms with E-state index in [0.717, 1.165) is 16.3 Å². The van der Waals surface area contributed by atoms with Crippen LogP contribution in [0.4, 0.5) is 10.4 Å². The summed E-state index contributed by atoms with van der Waals surface area (Å²) in [5.41, 5.74) is 1.72. The van der Waals surface area contributed by atoms with Crippen molar-refractivity contribution < 1.29 is 8.81 Å². The van der Waals surface area contributed by atoms with Crippen molar-refractivity contribution in [3.63, 3.8) is 0 Å². The number of rotatable bonds is 4. The minimum atomic E-state index is -0.252. The first-order valence-electron chi connectivity index (χ1n) is 5.95. The molecule has 0 amide bonds. The molecular formula is C13H11FN4OS. The second-order valence-electron chi connectivity index (χ2n) is 4.11. The molecule has 0 unspecified atom stereocenters. The molecule has 1 N–H and O–H groups in total. The maximum atomic E-state index is 12.9. The third-order valence-corrected chi connectivity index (χ3v) is 3.46. The molecule has 7 heteroatoms. The highest BCUT2D eigenvalue weighted by Gasteiger charge is 2.06. The topological polar surface area (TPSA) is 63.8 Å². The molecule has 3 rings (SSSR count). The summed E-state index contributed by atoms with van der Waals surface area (Å²) in [5, 5.41) is 13.4. The number of nitrogens with one attached hydrogen (secondary N) is 1. The number of aromatic nitrogens is 3. The molecule has 0 radical (unpaired) electrons. The van der Waals surface area contributed by atoms with Gasteiger partial charge in [-0.2, -0.15) is 0 Å². The van der Waals surface area contributed by atoms with Gasteiger partial charge in [0.05, 0.1) is 12.2 Å². The van der Waals surface area contributed by atoms with Crippen molar-refractivity contribution >= 4 is 17.4 Å². The molecule has 5 nitrogen and oxygen atoms in total. The average molecular weight is 290 g/mol. The number of hydrogen-bond donors (Lipinski definition) is 1. The van der Waals surface area contributed by atoms with E-state index < -0.39 is 0 Å². The number of aryl methyl sites for hydroxylation is 1. The molecule has 2 heterocycles. The summed E-state index contributed by atoms with van der Waals surface area (Å²) in [6, 6.07) is 6.65. The van der Waals surface area contributed by atoms with E-state index in [0.29, 0.717) is 18.5 Å². The molecule has 0 saturated carbocycles.